The lowest BCUT2D eigenvalue weighted by molar-refractivity contribution is 0.323. The van der Waals surface area contributed by atoms with E-state index in [9.17, 15) is 0 Å². The Morgan fingerprint density at radius 1 is 1.05 bits per heavy atom. The molecule has 1 aromatic rings. The Bertz CT molecular complexity index is 430. The van der Waals surface area contributed by atoms with Crippen molar-refractivity contribution in [2.45, 2.75) is 45.2 Å². The van der Waals surface area contributed by atoms with Crippen molar-refractivity contribution in [1.29, 1.82) is 0 Å². The van der Waals surface area contributed by atoms with Crippen LogP contribution in [-0.4, -0.2) is 27.4 Å². The van der Waals surface area contributed by atoms with E-state index < -0.39 is 0 Å². The third-order valence-corrected chi connectivity index (χ3v) is 4.46. The van der Waals surface area contributed by atoms with E-state index in [4.69, 9.17) is 14.2 Å². The van der Waals surface area contributed by atoms with Crippen LogP contribution in [0.3, 0.4) is 0 Å². The molecule has 4 heteroatoms. The van der Waals surface area contributed by atoms with Crippen LogP contribution in [0.15, 0.2) is 12.1 Å². The van der Waals surface area contributed by atoms with Crippen molar-refractivity contribution in [2.75, 3.05) is 21.3 Å². The maximum Gasteiger partial charge on any atom is 0.203 e. The summed E-state index contributed by atoms with van der Waals surface area (Å²) >= 11 is 0. The van der Waals surface area contributed by atoms with Gasteiger partial charge in [-0.25, -0.2) is 0 Å². The second kappa shape index (κ2) is 7.55. The number of benzene rings is 1. The normalized spacial score (nSPS) is 16.8. The predicted molar refractivity (Wildman–Crippen MR) is 84.4 cm³/mol. The molecule has 118 valence electrons. The quantitative estimate of drug-likeness (QED) is 0.836. The van der Waals surface area contributed by atoms with Crippen molar-refractivity contribution in [3.63, 3.8) is 0 Å². The number of ether oxygens (including phenoxy) is 3. The molecular weight excluding hydrogens is 266 g/mol. The molecule has 0 bridgehead atoms. The molecule has 2 rings (SSSR count). The highest BCUT2D eigenvalue weighted by molar-refractivity contribution is 5.53. The predicted octanol–water partition coefficient (Wildman–Crippen LogP) is 3.38. The van der Waals surface area contributed by atoms with Gasteiger partial charge < -0.3 is 19.5 Å². The largest absolute Gasteiger partial charge is 0.493 e. The molecule has 1 aliphatic carbocycles. The van der Waals surface area contributed by atoms with Gasteiger partial charge in [-0.2, -0.15) is 0 Å². The van der Waals surface area contributed by atoms with Gasteiger partial charge >= 0.3 is 0 Å². The number of hydrogen-bond acceptors (Lipinski definition) is 4. The van der Waals surface area contributed by atoms with Crippen LogP contribution in [0.25, 0.3) is 0 Å². The molecule has 0 spiro atoms. The lowest BCUT2D eigenvalue weighted by Crippen LogP contribution is -2.31. The Kier molecular flexibility index (Phi) is 5.74. The highest BCUT2D eigenvalue weighted by Gasteiger charge is 2.21. The molecule has 0 heterocycles. The lowest BCUT2D eigenvalue weighted by atomic mass is 9.99. The van der Waals surface area contributed by atoms with Gasteiger partial charge in [0.05, 0.1) is 21.3 Å². The molecule has 1 N–H and O–H groups in total. The van der Waals surface area contributed by atoms with Gasteiger partial charge in [0.15, 0.2) is 11.5 Å². The molecule has 0 amide bonds. The van der Waals surface area contributed by atoms with Gasteiger partial charge in [0.2, 0.25) is 5.75 Å². The minimum atomic E-state index is 0.548. The Morgan fingerprint density at radius 2 is 1.62 bits per heavy atom. The summed E-state index contributed by atoms with van der Waals surface area (Å²) in [5.41, 5.74) is 1.15. The van der Waals surface area contributed by atoms with Gasteiger partial charge in [-0.05, 0) is 43.4 Å². The molecular formula is C17H27NO3. The van der Waals surface area contributed by atoms with Crippen molar-refractivity contribution >= 4 is 0 Å². The molecule has 1 fully saturated rings. The summed E-state index contributed by atoms with van der Waals surface area (Å²) in [4.78, 5) is 0. The van der Waals surface area contributed by atoms with Crippen LogP contribution in [0.4, 0.5) is 0 Å². The van der Waals surface area contributed by atoms with Crippen LogP contribution >= 0.6 is 0 Å². The van der Waals surface area contributed by atoms with Crippen LogP contribution in [0, 0.1) is 5.92 Å². The van der Waals surface area contributed by atoms with Gasteiger partial charge in [0.25, 0.3) is 0 Å². The third-order valence-electron chi connectivity index (χ3n) is 4.46. The summed E-state index contributed by atoms with van der Waals surface area (Å²) in [6, 6.07) is 4.57. The van der Waals surface area contributed by atoms with E-state index in [1.54, 1.807) is 21.3 Å². The Labute approximate surface area is 127 Å². The number of rotatable bonds is 7. The zero-order chi connectivity index (χ0) is 15.2. The summed E-state index contributed by atoms with van der Waals surface area (Å²) in [7, 11) is 4.92. The van der Waals surface area contributed by atoms with Gasteiger partial charge in [-0.15, -0.1) is 0 Å². The molecule has 1 unspecified atom stereocenters. The van der Waals surface area contributed by atoms with Gasteiger partial charge in [-0.1, -0.05) is 12.8 Å². The fourth-order valence-corrected chi connectivity index (χ4v) is 3.14. The van der Waals surface area contributed by atoms with Gasteiger partial charge in [-0.3, -0.25) is 0 Å². The average molecular weight is 293 g/mol. The molecule has 0 saturated heterocycles. The van der Waals surface area contributed by atoms with Crippen LogP contribution in [-0.2, 0) is 6.54 Å². The van der Waals surface area contributed by atoms with E-state index in [1.807, 2.05) is 12.1 Å². The zero-order valence-corrected chi connectivity index (χ0v) is 13.6. The summed E-state index contributed by atoms with van der Waals surface area (Å²) < 4.78 is 16.1. The van der Waals surface area contributed by atoms with Crippen LogP contribution < -0.4 is 19.5 Å². The first-order valence-corrected chi connectivity index (χ1v) is 7.71. The van der Waals surface area contributed by atoms with Crippen molar-refractivity contribution in [2.24, 2.45) is 5.92 Å². The number of nitrogens with one attached hydrogen (secondary N) is 1. The van der Waals surface area contributed by atoms with Crippen molar-refractivity contribution < 1.29 is 14.2 Å². The molecule has 0 aliphatic heterocycles. The maximum atomic E-state index is 5.39. The molecule has 1 aliphatic rings. The van der Waals surface area contributed by atoms with Crippen molar-refractivity contribution in [3.8, 4) is 17.2 Å². The summed E-state index contributed by atoms with van der Waals surface area (Å²) in [5.74, 6) is 2.88. The molecule has 1 atom stereocenters. The summed E-state index contributed by atoms with van der Waals surface area (Å²) in [6.07, 6.45) is 5.45. The molecule has 1 saturated carbocycles. The number of hydrogen-bond donors (Lipinski definition) is 1. The van der Waals surface area contributed by atoms with Gasteiger partial charge in [0.1, 0.15) is 0 Å². The lowest BCUT2D eigenvalue weighted by Gasteiger charge is -2.21. The van der Waals surface area contributed by atoms with E-state index in [1.165, 1.54) is 25.7 Å². The Hall–Kier alpha value is -1.42. The van der Waals surface area contributed by atoms with E-state index in [0.29, 0.717) is 23.3 Å². The first kappa shape index (κ1) is 16.0. The molecule has 21 heavy (non-hydrogen) atoms. The SMILES string of the molecule is COc1cc(CNC(C)C2CCCC2)cc(OC)c1OC. The highest BCUT2D eigenvalue weighted by atomic mass is 16.5. The topological polar surface area (TPSA) is 39.7 Å². The van der Waals surface area contributed by atoms with Crippen LogP contribution in [0.2, 0.25) is 0 Å². The average Bonchev–Trinajstić information content (AvgIpc) is 3.05. The van der Waals surface area contributed by atoms with E-state index in [-0.39, 0.29) is 0 Å². The zero-order valence-electron chi connectivity index (χ0n) is 13.6. The summed E-state index contributed by atoms with van der Waals surface area (Å²) in [5, 5.41) is 3.63. The molecule has 1 aromatic carbocycles. The Morgan fingerprint density at radius 3 is 2.10 bits per heavy atom. The van der Waals surface area contributed by atoms with Crippen molar-refractivity contribution in [1.82, 2.24) is 5.32 Å². The van der Waals surface area contributed by atoms with Crippen LogP contribution in [0.5, 0.6) is 17.2 Å². The standard InChI is InChI=1S/C17H27NO3/c1-12(14-7-5-6-8-14)18-11-13-9-15(19-2)17(21-4)16(10-13)20-3/h9-10,12,14,18H,5-8,11H2,1-4H3. The van der Waals surface area contributed by atoms with Crippen LogP contribution in [0.1, 0.15) is 38.2 Å². The van der Waals surface area contributed by atoms with E-state index in [2.05, 4.69) is 12.2 Å². The molecule has 0 radical (unpaired) electrons. The van der Waals surface area contributed by atoms with Gasteiger partial charge in [0, 0.05) is 12.6 Å². The molecule has 4 nitrogen and oxygen atoms in total. The Balaban J connectivity index is 2.05. The fourth-order valence-electron chi connectivity index (χ4n) is 3.14. The number of methoxy groups -OCH3 is 3. The van der Waals surface area contributed by atoms with E-state index in [0.717, 1.165) is 18.0 Å². The minimum Gasteiger partial charge on any atom is -0.493 e. The third kappa shape index (κ3) is 3.82. The smallest absolute Gasteiger partial charge is 0.203 e. The second-order valence-electron chi connectivity index (χ2n) is 5.75. The maximum absolute atomic E-state index is 5.39. The monoisotopic (exact) mass is 293 g/mol. The molecule has 0 aromatic heterocycles. The van der Waals surface area contributed by atoms with E-state index >= 15 is 0 Å². The first-order chi connectivity index (χ1) is 10.2. The second-order valence-corrected chi connectivity index (χ2v) is 5.75. The minimum absolute atomic E-state index is 0.548. The highest BCUT2D eigenvalue weighted by Crippen LogP contribution is 2.38. The first-order valence-electron chi connectivity index (χ1n) is 7.71. The summed E-state index contributed by atoms with van der Waals surface area (Å²) in [6.45, 7) is 3.10. The van der Waals surface area contributed by atoms with Crippen molar-refractivity contribution in [3.05, 3.63) is 17.7 Å². The fraction of sp³-hybridized carbons (Fsp3) is 0.647.